The van der Waals surface area contributed by atoms with Gasteiger partial charge >= 0.3 is 5.97 Å². The van der Waals surface area contributed by atoms with Crippen molar-refractivity contribution >= 4 is 5.97 Å². The van der Waals surface area contributed by atoms with E-state index in [1.54, 1.807) is 48.5 Å². The van der Waals surface area contributed by atoms with E-state index < -0.39 is 11.6 Å². The predicted molar refractivity (Wildman–Crippen MR) is 103 cm³/mol. The number of nitrogens with one attached hydrogen (secondary N) is 1. The van der Waals surface area contributed by atoms with E-state index >= 15 is 0 Å². The third-order valence-corrected chi connectivity index (χ3v) is 4.86. The Morgan fingerprint density at radius 1 is 1.00 bits per heavy atom. The van der Waals surface area contributed by atoms with E-state index in [2.05, 4.69) is 27.8 Å². The number of hydrogen-bond acceptors (Lipinski definition) is 3. The molecule has 0 aromatic heterocycles. The summed E-state index contributed by atoms with van der Waals surface area (Å²) in [6.45, 7) is 8.95. The molecule has 2 atom stereocenters. The van der Waals surface area contributed by atoms with Crippen molar-refractivity contribution in [3.63, 3.8) is 0 Å². The van der Waals surface area contributed by atoms with Gasteiger partial charge in [-0.3, -0.25) is 0 Å². The Balaban J connectivity index is 2.28. The van der Waals surface area contributed by atoms with Crippen molar-refractivity contribution < 1.29 is 19.5 Å². The molecule has 26 heavy (non-hydrogen) atoms. The first-order valence-electron chi connectivity index (χ1n) is 9.03. The summed E-state index contributed by atoms with van der Waals surface area (Å²) in [5.74, 6) is -0.649. The van der Waals surface area contributed by atoms with Crippen LogP contribution in [0, 0.1) is 0 Å². The number of hydrogen-bond donors (Lipinski definition) is 2. The summed E-state index contributed by atoms with van der Waals surface area (Å²) >= 11 is 0. The number of rotatable bonds is 6. The molecular weight excluding hydrogens is 326 g/mol. The van der Waals surface area contributed by atoms with Crippen LogP contribution in [0.4, 0.5) is 0 Å². The van der Waals surface area contributed by atoms with Gasteiger partial charge in [0.2, 0.25) is 5.60 Å². The smallest absolute Gasteiger partial charge is 0.348 e. The summed E-state index contributed by atoms with van der Waals surface area (Å²) in [4.78, 5) is 14.3. The fraction of sp³-hybridized carbons (Fsp3) is 0.409. The highest BCUT2D eigenvalue weighted by Crippen LogP contribution is 2.31. The highest BCUT2D eigenvalue weighted by molar-refractivity contribution is 5.85. The lowest BCUT2D eigenvalue weighted by molar-refractivity contribution is -0.930. The van der Waals surface area contributed by atoms with Crippen LogP contribution >= 0.6 is 0 Å². The number of likely N-dealkylation sites (N-methyl/N-ethyl adjacent to an activating group) is 1. The van der Waals surface area contributed by atoms with Crippen molar-refractivity contribution in [3.05, 3.63) is 71.8 Å². The molecule has 2 unspecified atom stereocenters. The Bertz CT molecular complexity index is 668. The highest BCUT2D eigenvalue weighted by Gasteiger charge is 2.42. The number of quaternary nitrogens is 1. The maximum atomic E-state index is 13.0. The zero-order valence-electron chi connectivity index (χ0n) is 16.3. The van der Waals surface area contributed by atoms with Gasteiger partial charge in [-0.15, -0.1) is 0 Å². The molecule has 2 aromatic carbocycles. The monoisotopic (exact) mass is 356 g/mol. The van der Waals surface area contributed by atoms with Gasteiger partial charge in [-0.2, -0.15) is 0 Å². The molecule has 0 aliphatic carbocycles. The van der Waals surface area contributed by atoms with Gasteiger partial charge in [-0.25, -0.2) is 4.79 Å². The first kappa shape index (κ1) is 20.1. The number of aliphatic hydroxyl groups is 1. The standard InChI is InChI=1S/C22H29NO3/c1-17(16-23(5)21(2,3)4)26-20(24)22(25,18-12-8-6-9-13-18)19-14-10-7-11-15-19/h6-15,17,25H,16H2,1-5H3/p+1. The number of carbonyl (C=O) groups excluding carboxylic acids is 1. The van der Waals surface area contributed by atoms with Crippen LogP contribution in [0.3, 0.4) is 0 Å². The van der Waals surface area contributed by atoms with Crippen LogP contribution in [0.1, 0.15) is 38.8 Å². The molecule has 0 heterocycles. The van der Waals surface area contributed by atoms with Crippen LogP contribution in [-0.2, 0) is 15.1 Å². The molecule has 2 N–H and O–H groups in total. The van der Waals surface area contributed by atoms with Crippen LogP contribution in [0.25, 0.3) is 0 Å². The number of benzene rings is 2. The predicted octanol–water partition coefficient (Wildman–Crippen LogP) is 2.17. The van der Waals surface area contributed by atoms with Gasteiger partial charge in [0.15, 0.2) is 0 Å². The topological polar surface area (TPSA) is 51.0 Å². The molecule has 0 amide bonds. The van der Waals surface area contributed by atoms with Crippen LogP contribution in [0.5, 0.6) is 0 Å². The van der Waals surface area contributed by atoms with E-state index in [-0.39, 0.29) is 11.6 Å². The second-order valence-electron chi connectivity index (χ2n) is 7.89. The van der Waals surface area contributed by atoms with Gasteiger partial charge in [0.1, 0.15) is 12.6 Å². The Labute approximate surface area is 156 Å². The summed E-state index contributed by atoms with van der Waals surface area (Å²) in [6, 6.07) is 17.9. The highest BCUT2D eigenvalue weighted by atomic mass is 16.6. The minimum atomic E-state index is -1.83. The first-order valence-corrected chi connectivity index (χ1v) is 9.03. The van der Waals surface area contributed by atoms with Gasteiger partial charge in [0, 0.05) is 0 Å². The molecule has 4 heteroatoms. The van der Waals surface area contributed by atoms with Gasteiger partial charge in [-0.05, 0) is 38.8 Å². The van der Waals surface area contributed by atoms with Crippen LogP contribution < -0.4 is 4.90 Å². The Morgan fingerprint density at radius 2 is 1.42 bits per heavy atom. The van der Waals surface area contributed by atoms with Crippen molar-refractivity contribution in [1.82, 2.24) is 0 Å². The molecule has 0 aliphatic rings. The zero-order chi connectivity index (χ0) is 19.4. The Morgan fingerprint density at radius 3 is 1.81 bits per heavy atom. The Kier molecular flexibility index (Phi) is 6.21. The van der Waals surface area contributed by atoms with E-state index in [4.69, 9.17) is 4.74 Å². The average Bonchev–Trinajstić information content (AvgIpc) is 2.61. The quantitative estimate of drug-likeness (QED) is 0.780. The Hall–Kier alpha value is -2.17. The van der Waals surface area contributed by atoms with Gasteiger partial charge in [0.05, 0.1) is 12.6 Å². The van der Waals surface area contributed by atoms with Crippen molar-refractivity contribution in [1.29, 1.82) is 0 Å². The molecule has 0 fully saturated rings. The van der Waals surface area contributed by atoms with Crippen LogP contribution in [0.2, 0.25) is 0 Å². The van der Waals surface area contributed by atoms with E-state index in [9.17, 15) is 9.90 Å². The third-order valence-electron chi connectivity index (χ3n) is 4.86. The molecule has 2 aromatic rings. The average molecular weight is 356 g/mol. The van der Waals surface area contributed by atoms with Crippen LogP contribution in [-0.4, -0.2) is 36.3 Å². The molecule has 0 spiro atoms. The lowest BCUT2D eigenvalue weighted by Gasteiger charge is -2.32. The minimum Gasteiger partial charge on any atom is -0.454 e. The van der Waals surface area contributed by atoms with Crippen molar-refractivity contribution in [3.8, 4) is 0 Å². The molecule has 0 saturated heterocycles. The van der Waals surface area contributed by atoms with Crippen LogP contribution in [0.15, 0.2) is 60.7 Å². The lowest BCUT2D eigenvalue weighted by Crippen LogP contribution is -3.17. The fourth-order valence-electron chi connectivity index (χ4n) is 2.81. The third kappa shape index (κ3) is 4.51. The van der Waals surface area contributed by atoms with Gasteiger partial charge < -0.3 is 14.7 Å². The molecule has 0 bridgehead atoms. The summed E-state index contributed by atoms with van der Waals surface area (Å²) in [6.07, 6.45) is -0.319. The summed E-state index contributed by atoms with van der Waals surface area (Å²) in [5.41, 5.74) is -0.776. The molecule has 2 rings (SSSR count). The molecule has 0 radical (unpaired) electrons. The van der Waals surface area contributed by atoms with Gasteiger partial charge in [-0.1, -0.05) is 60.7 Å². The van der Waals surface area contributed by atoms with Crippen molar-refractivity contribution in [2.45, 2.75) is 44.9 Å². The summed E-state index contributed by atoms with van der Waals surface area (Å²) in [7, 11) is 2.07. The maximum Gasteiger partial charge on any atom is 0.348 e. The van der Waals surface area contributed by atoms with E-state index in [1.165, 1.54) is 4.90 Å². The number of esters is 1. The summed E-state index contributed by atoms with van der Waals surface area (Å²) in [5, 5.41) is 11.4. The van der Waals surface area contributed by atoms with E-state index in [0.717, 1.165) is 0 Å². The second-order valence-corrected chi connectivity index (χ2v) is 7.89. The fourth-order valence-corrected chi connectivity index (χ4v) is 2.81. The first-order chi connectivity index (χ1) is 12.2. The number of carbonyl (C=O) groups is 1. The molecule has 0 saturated carbocycles. The maximum absolute atomic E-state index is 13.0. The van der Waals surface area contributed by atoms with Gasteiger partial charge in [0.25, 0.3) is 0 Å². The largest absolute Gasteiger partial charge is 0.454 e. The zero-order valence-corrected chi connectivity index (χ0v) is 16.3. The van der Waals surface area contributed by atoms with E-state index in [0.29, 0.717) is 17.7 Å². The molecule has 0 aliphatic heterocycles. The molecular formula is C22H30NO3+. The second kappa shape index (κ2) is 8.02. The number of ether oxygens (including phenoxy) is 1. The molecule has 140 valence electrons. The van der Waals surface area contributed by atoms with E-state index in [1.807, 2.05) is 19.1 Å². The minimum absolute atomic E-state index is 0.0514. The SMILES string of the molecule is CC(C[NH+](C)C(C)(C)C)OC(=O)C(O)(c1ccccc1)c1ccccc1. The molecule has 4 nitrogen and oxygen atoms in total. The van der Waals surface area contributed by atoms with Crippen molar-refractivity contribution in [2.24, 2.45) is 0 Å². The lowest BCUT2D eigenvalue weighted by atomic mass is 9.86. The van der Waals surface area contributed by atoms with Crippen molar-refractivity contribution in [2.75, 3.05) is 13.6 Å². The summed E-state index contributed by atoms with van der Waals surface area (Å²) < 4.78 is 5.68. The normalized spacial score (nSPS) is 14.5.